The number of aryl methyl sites for hydroxylation is 2. The van der Waals surface area contributed by atoms with Crippen LogP contribution in [0.4, 0.5) is 0 Å². The third kappa shape index (κ3) is 2.32. The van der Waals surface area contributed by atoms with Gasteiger partial charge in [0, 0.05) is 11.1 Å². The van der Waals surface area contributed by atoms with Gasteiger partial charge in [0.2, 0.25) is 11.5 Å². The van der Waals surface area contributed by atoms with Gasteiger partial charge >= 0.3 is 0 Å². The molecule has 2 aromatic rings. The minimum atomic E-state index is -0.0110. The second kappa shape index (κ2) is 4.87. The first-order valence-electron chi connectivity index (χ1n) is 5.51. The summed E-state index contributed by atoms with van der Waals surface area (Å²) in [6.07, 6.45) is 0. The normalized spacial score (nSPS) is 10.1. The molecule has 94 valence electrons. The zero-order valence-electron chi connectivity index (χ0n) is 10.2. The Bertz CT molecular complexity index is 472. The predicted octanol–water partition coefficient (Wildman–Crippen LogP) is 3.09. The molecule has 0 aromatic heterocycles. The average molecular weight is 246 g/mol. The van der Waals surface area contributed by atoms with Gasteiger partial charge in [0.1, 0.15) is 0 Å². The van der Waals surface area contributed by atoms with Crippen LogP contribution >= 0.6 is 0 Å². The summed E-state index contributed by atoms with van der Waals surface area (Å²) >= 11 is 0. The molecule has 0 heterocycles. The standard InChI is InChI=1S/C14H14O4/c1-9-5-3-7-11(15)13(9)17-18-14-10(2)6-4-8-12(14)16/h3-8,15-16H,1-2H3. The van der Waals surface area contributed by atoms with Crippen LogP contribution in [0.15, 0.2) is 36.4 Å². The Balaban J connectivity index is 2.22. The lowest BCUT2D eigenvalue weighted by molar-refractivity contribution is -0.104. The molecule has 0 fully saturated rings. The van der Waals surface area contributed by atoms with E-state index in [4.69, 9.17) is 9.78 Å². The van der Waals surface area contributed by atoms with Gasteiger partial charge in [-0.25, -0.2) is 0 Å². The molecule has 2 aromatic carbocycles. The van der Waals surface area contributed by atoms with Crippen molar-refractivity contribution in [2.75, 3.05) is 0 Å². The third-order valence-corrected chi connectivity index (χ3v) is 2.59. The van der Waals surface area contributed by atoms with E-state index in [9.17, 15) is 10.2 Å². The minimum absolute atomic E-state index is 0.0110. The van der Waals surface area contributed by atoms with Crippen LogP contribution in [0.1, 0.15) is 11.1 Å². The lowest BCUT2D eigenvalue weighted by Gasteiger charge is -2.11. The lowest BCUT2D eigenvalue weighted by Crippen LogP contribution is -2.03. The van der Waals surface area contributed by atoms with E-state index in [-0.39, 0.29) is 23.0 Å². The molecule has 0 aliphatic carbocycles. The van der Waals surface area contributed by atoms with Crippen LogP contribution in [-0.4, -0.2) is 10.2 Å². The number of phenolic OH excluding ortho intramolecular Hbond substituents is 2. The average Bonchev–Trinajstić information content (AvgIpc) is 2.31. The molecule has 0 aliphatic rings. The molecule has 0 saturated carbocycles. The maximum Gasteiger partial charge on any atom is 0.222 e. The van der Waals surface area contributed by atoms with Crippen LogP contribution in [0.3, 0.4) is 0 Å². The zero-order chi connectivity index (χ0) is 13.1. The van der Waals surface area contributed by atoms with Gasteiger partial charge in [0.25, 0.3) is 0 Å². The van der Waals surface area contributed by atoms with Gasteiger partial charge in [-0.2, -0.15) is 0 Å². The monoisotopic (exact) mass is 246 g/mol. The predicted molar refractivity (Wildman–Crippen MR) is 66.9 cm³/mol. The fourth-order valence-corrected chi connectivity index (χ4v) is 1.57. The van der Waals surface area contributed by atoms with Crippen molar-refractivity contribution in [3.05, 3.63) is 47.5 Å². The number of hydrogen-bond donors (Lipinski definition) is 2. The van der Waals surface area contributed by atoms with E-state index >= 15 is 0 Å². The summed E-state index contributed by atoms with van der Waals surface area (Å²) in [5, 5.41) is 19.3. The highest BCUT2D eigenvalue weighted by Crippen LogP contribution is 2.33. The Morgan fingerprint density at radius 3 is 1.44 bits per heavy atom. The van der Waals surface area contributed by atoms with Crippen LogP contribution in [0, 0.1) is 13.8 Å². The SMILES string of the molecule is Cc1cccc(O)c1OOc1c(C)cccc1O. The van der Waals surface area contributed by atoms with Crippen molar-refractivity contribution in [1.82, 2.24) is 0 Å². The summed E-state index contributed by atoms with van der Waals surface area (Å²) in [5.74, 6) is 0.450. The lowest BCUT2D eigenvalue weighted by atomic mass is 10.2. The van der Waals surface area contributed by atoms with Gasteiger partial charge < -0.3 is 10.2 Å². The van der Waals surface area contributed by atoms with Crippen LogP contribution in [0.25, 0.3) is 0 Å². The smallest absolute Gasteiger partial charge is 0.222 e. The summed E-state index contributed by atoms with van der Waals surface area (Å²) in [5.41, 5.74) is 1.48. The molecule has 2 rings (SSSR count). The number of para-hydroxylation sites is 2. The van der Waals surface area contributed by atoms with Crippen molar-refractivity contribution in [1.29, 1.82) is 0 Å². The Labute approximate surface area is 105 Å². The van der Waals surface area contributed by atoms with Gasteiger partial charge in [0.05, 0.1) is 0 Å². The molecular weight excluding hydrogens is 232 g/mol. The fourth-order valence-electron chi connectivity index (χ4n) is 1.57. The molecule has 18 heavy (non-hydrogen) atoms. The number of hydrogen-bond acceptors (Lipinski definition) is 4. The summed E-state index contributed by atoms with van der Waals surface area (Å²) in [4.78, 5) is 10.2. The topological polar surface area (TPSA) is 58.9 Å². The van der Waals surface area contributed by atoms with E-state index in [2.05, 4.69) is 0 Å². The first-order chi connectivity index (χ1) is 8.59. The quantitative estimate of drug-likeness (QED) is 0.645. The highest BCUT2D eigenvalue weighted by Gasteiger charge is 2.11. The highest BCUT2D eigenvalue weighted by molar-refractivity contribution is 5.46. The molecule has 0 atom stereocenters. The van der Waals surface area contributed by atoms with Gasteiger partial charge in [-0.1, -0.05) is 24.3 Å². The van der Waals surface area contributed by atoms with Gasteiger partial charge in [-0.15, -0.1) is 0 Å². The zero-order valence-corrected chi connectivity index (χ0v) is 10.2. The summed E-state index contributed by atoms with van der Waals surface area (Å²) in [6.45, 7) is 3.58. The molecule has 4 nitrogen and oxygen atoms in total. The molecule has 0 unspecified atom stereocenters. The van der Waals surface area contributed by atoms with Crippen molar-refractivity contribution < 1.29 is 20.0 Å². The molecule has 0 saturated heterocycles. The van der Waals surface area contributed by atoms with E-state index in [1.807, 2.05) is 0 Å². The second-order valence-electron chi connectivity index (χ2n) is 4.01. The van der Waals surface area contributed by atoms with Gasteiger partial charge in [-0.3, -0.25) is 9.78 Å². The van der Waals surface area contributed by atoms with Crippen molar-refractivity contribution in [2.45, 2.75) is 13.8 Å². The Kier molecular flexibility index (Phi) is 3.28. The second-order valence-corrected chi connectivity index (χ2v) is 4.01. The molecular formula is C14H14O4. The van der Waals surface area contributed by atoms with Crippen molar-refractivity contribution in [3.8, 4) is 23.0 Å². The first kappa shape index (κ1) is 12.1. The molecule has 0 radical (unpaired) electrons. The van der Waals surface area contributed by atoms with Crippen LogP contribution in [0.5, 0.6) is 23.0 Å². The fraction of sp³-hybridized carbons (Fsp3) is 0.143. The van der Waals surface area contributed by atoms with Gasteiger partial charge in [0.15, 0.2) is 11.5 Å². The van der Waals surface area contributed by atoms with E-state index in [0.717, 1.165) is 11.1 Å². The number of phenols is 2. The largest absolute Gasteiger partial charge is 0.504 e. The molecule has 2 N–H and O–H groups in total. The highest BCUT2D eigenvalue weighted by atomic mass is 17.2. The maximum absolute atomic E-state index is 9.64. The van der Waals surface area contributed by atoms with Crippen LogP contribution in [-0.2, 0) is 0 Å². The van der Waals surface area contributed by atoms with E-state index in [1.165, 1.54) is 12.1 Å². The summed E-state index contributed by atoms with van der Waals surface area (Å²) < 4.78 is 0. The number of benzene rings is 2. The third-order valence-electron chi connectivity index (χ3n) is 2.59. The van der Waals surface area contributed by atoms with E-state index < -0.39 is 0 Å². The van der Waals surface area contributed by atoms with Crippen molar-refractivity contribution in [2.24, 2.45) is 0 Å². The molecule has 0 spiro atoms. The minimum Gasteiger partial charge on any atom is -0.504 e. The van der Waals surface area contributed by atoms with E-state index in [0.29, 0.717) is 0 Å². The summed E-state index contributed by atoms with van der Waals surface area (Å²) in [6, 6.07) is 10.0. The Morgan fingerprint density at radius 1 is 0.722 bits per heavy atom. The molecule has 4 heteroatoms. The van der Waals surface area contributed by atoms with Gasteiger partial charge in [-0.05, 0) is 26.0 Å². The first-order valence-corrected chi connectivity index (χ1v) is 5.51. The molecule has 0 bridgehead atoms. The van der Waals surface area contributed by atoms with E-state index in [1.54, 1.807) is 38.1 Å². The number of aromatic hydroxyl groups is 2. The van der Waals surface area contributed by atoms with Crippen LogP contribution in [0.2, 0.25) is 0 Å². The van der Waals surface area contributed by atoms with Crippen LogP contribution < -0.4 is 9.78 Å². The van der Waals surface area contributed by atoms with Crippen molar-refractivity contribution >= 4 is 0 Å². The Hall–Kier alpha value is -2.36. The molecule has 0 aliphatic heterocycles. The molecule has 0 amide bonds. The summed E-state index contributed by atoms with van der Waals surface area (Å²) in [7, 11) is 0. The Morgan fingerprint density at radius 2 is 1.11 bits per heavy atom. The maximum atomic E-state index is 9.64. The van der Waals surface area contributed by atoms with Crippen molar-refractivity contribution in [3.63, 3.8) is 0 Å². The number of rotatable bonds is 3.